The molecular formula is C33H32Cl2N2O7S2. The van der Waals surface area contributed by atoms with Gasteiger partial charge >= 0.3 is 5.97 Å². The summed E-state index contributed by atoms with van der Waals surface area (Å²) in [6.45, 7) is 5.00. The molecule has 0 atom stereocenters. The zero-order chi connectivity index (χ0) is 32.6. The molecule has 3 aromatic carbocycles. The number of amides is 1. The van der Waals surface area contributed by atoms with Crippen molar-refractivity contribution in [1.82, 2.24) is 9.80 Å². The lowest BCUT2D eigenvalue weighted by Gasteiger charge is -2.26. The van der Waals surface area contributed by atoms with Gasteiger partial charge in [-0.1, -0.05) is 59.3 Å². The van der Waals surface area contributed by atoms with E-state index in [0.717, 1.165) is 36.3 Å². The summed E-state index contributed by atoms with van der Waals surface area (Å²) in [5.41, 5.74) is 2.49. The molecular weight excluding hydrogens is 671 g/mol. The molecule has 3 aromatic rings. The lowest BCUT2D eigenvalue weighted by atomic mass is 10.0. The Morgan fingerprint density at radius 1 is 1.00 bits per heavy atom. The van der Waals surface area contributed by atoms with Crippen LogP contribution in [-0.4, -0.2) is 90.8 Å². The molecule has 2 aliphatic rings. The van der Waals surface area contributed by atoms with Crippen molar-refractivity contribution in [2.24, 2.45) is 0 Å². The number of ether oxygens (including phenoxy) is 4. The molecule has 2 fully saturated rings. The summed E-state index contributed by atoms with van der Waals surface area (Å²) in [5, 5.41) is 10.3. The molecule has 0 spiro atoms. The Hall–Kier alpha value is -3.32. The smallest absolute Gasteiger partial charge is 0.335 e. The van der Waals surface area contributed by atoms with Gasteiger partial charge in [0.15, 0.2) is 11.5 Å². The molecule has 0 unspecified atom stereocenters. The topological polar surface area (TPSA) is 97.8 Å². The van der Waals surface area contributed by atoms with Crippen LogP contribution in [-0.2, 0) is 9.53 Å². The Bertz CT molecular complexity index is 1650. The number of hydrogen-bond donors (Lipinski definition) is 1. The molecule has 0 bridgehead atoms. The van der Waals surface area contributed by atoms with Crippen LogP contribution < -0.4 is 14.2 Å². The molecule has 242 valence electrons. The highest BCUT2D eigenvalue weighted by molar-refractivity contribution is 8.26. The van der Waals surface area contributed by atoms with Gasteiger partial charge in [0.1, 0.15) is 16.7 Å². The van der Waals surface area contributed by atoms with Crippen LogP contribution in [0, 0.1) is 0 Å². The molecule has 1 N–H and O–H groups in total. The number of rotatable bonds is 13. The molecule has 2 saturated heterocycles. The normalized spacial score (nSPS) is 16.2. The Balaban J connectivity index is 1.29. The van der Waals surface area contributed by atoms with Crippen LogP contribution in [0.1, 0.15) is 22.3 Å². The predicted molar refractivity (Wildman–Crippen MR) is 185 cm³/mol. The van der Waals surface area contributed by atoms with Gasteiger partial charge in [-0.05, 0) is 60.5 Å². The average Bonchev–Trinajstić information content (AvgIpc) is 3.31. The number of halogens is 2. The van der Waals surface area contributed by atoms with E-state index in [1.54, 1.807) is 23.1 Å². The molecule has 0 radical (unpaired) electrons. The van der Waals surface area contributed by atoms with Gasteiger partial charge < -0.3 is 24.1 Å². The third kappa shape index (κ3) is 8.52. The minimum Gasteiger partial charge on any atom is -0.493 e. The van der Waals surface area contributed by atoms with Gasteiger partial charge in [-0.25, -0.2) is 4.79 Å². The van der Waals surface area contributed by atoms with Gasteiger partial charge in [-0.2, -0.15) is 0 Å². The highest BCUT2D eigenvalue weighted by Crippen LogP contribution is 2.38. The van der Waals surface area contributed by atoms with E-state index in [9.17, 15) is 14.7 Å². The second kappa shape index (κ2) is 16.0. The van der Waals surface area contributed by atoms with E-state index in [-0.39, 0.29) is 18.1 Å². The molecule has 0 saturated carbocycles. The van der Waals surface area contributed by atoms with Crippen molar-refractivity contribution in [2.45, 2.75) is 6.42 Å². The molecule has 2 aliphatic heterocycles. The maximum atomic E-state index is 13.5. The van der Waals surface area contributed by atoms with Crippen LogP contribution in [0.3, 0.4) is 0 Å². The standard InChI is InChI=1S/C33H32Cl2N2O7S2/c1-41-29-18-22(32(39)40)4-8-28(29)43-13-2-9-37-31(38)30(46-33(37)45)19-23-17-21(25-6-5-24(34)20-26(25)35)3-7-27(23)44-16-12-36-10-14-42-15-11-36/h3-8,17-20H,2,9-16H2,1H3,(H,39,40). The van der Waals surface area contributed by atoms with Crippen LogP contribution in [0.4, 0.5) is 0 Å². The summed E-state index contributed by atoms with van der Waals surface area (Å²) < 4.78 is 23.2. The number of carbonyl (C=O) groups is 2. The molecule has 2 heterocycles. The SMILES string of the molecule is COc1cc(C(=O)O)ccc1OCCCN1C(=O)C(=Cc2cc(-c3ccc(Cl)cc3Cl)ccc2OCCN2CCOCC2)SC1=S. The van der Waals surface area contributed by atoms with Crippen molar-refractivity contribution in [3.63, 3.8) is 0 Å². The highest BCUT2D eigenvalue weighted by atomic mass is 35.5. The van der Waals surface area contributed by atoms with Crippen LogP contribution >= 0.6 is 47.2 Å². The van der Waals surface area contributed by atoms with Crippen molar-refractivity contribution >= 4 is 69.5 Å². The van der Waals surface area contributed by atoms with Crippen LogP contribution in [0.15, 0.2) is 59.5 Å². The number of carboxylic acids is 1. The first-order chi connectivity index (χ1) is 22.2. The number of thioether (sulfide) groups is 1. The minimum absolute atomic E-state index is 0.0982. The second-order valence-electron chi connectivity index (χ2n) is 10.4. The summed E-state index contributed by atoms with van der Waals surface area (Å²) in [4.78, 5) is 29.1. The number of aromatic carboxylic acids is 1. The van der Waals surface area contributed by atoms with E-state index in [2.05, 4.69) is 4.90 Å². The Kier molecular flexibility index (Phi) is 11.8. The zero-order valence-corrected chi connectivity index (χ0v) is 28.1. The van der Waals surface area contributed by atoms with Gasteiger partial charge in [0, 0.05) is 47.4 Å². The quantitative estimate of drug-likeness (QED) is 0.117. The number of nitrogens with zero attached hydrogens (tertiary/aromatic N) is 2. The lowest BCUT2D eigenvalue weighted by molar-refractivity contribution is -0.122. The number of methoxy groups -OCH3 is 1. The van der Waals surface area contributed by atoms with Crippen molar-refractivity contribution in [1.29, 1.82) is 0 Å². The van der Waals surface area contributed by atoms with E-state index < -0.39 is 5.97 Å². The first-order valence-corrected chi connectivity index (χ1v) is 16.5. The summed E-state index contributed by atoms with van der Waals surface area (Å²) in [5.74, 6) is 0.119. The van der Waals surface area contributed by atoms with Crippen molar-refractivity contribution in [2.75, 3.05) is 59.7 Å². The van der Waals surface area contributed by atoms with Crippen LogP contribution in [0.25, 0.3) is 17.2 Å². The van der Waals surface area contributed by atoms with E-state index in [1.807, 2.05) is 30.3 Å². The zero-order valence-electron chi connectivity index (χ0n) is 25.0. The lowest BCUT2D eigenvalue weighted by Crippen LogP contribution is -2.38. The molecule has 1 amide bonds. The molecule has 5 rings (SSSR count). The number of thiocarbonyl (C=S) groups is 1. The van der Waals surface area contributed by atoms with E-state index in [1.165, 1.54) is 31.0 Å². The van der Waals surface area contributed by atoms with E-state index in [4.69, 9.17) is 54.4 Å². The summed E-state index contributed by atoms with van der Waals surface area (Å²) >= 11 is 19.5. The van der Waals surface area contributed by atoms with Gasteiger partial charge in [0.25, 0.3) is 5.91 Å². The fourth-order valence-electron chi connectivity index (χ4n) is 4.95. The predicted octanol–water partition coefficient (Wildman–Crippen LogP) is 6.75. The molecule has 9 nitrogen and oxygen atoms in total. The molecule has 46 heavy (non-hydrogen) atoms. The van der Waals surface area contributed by atoms with Gasteiger partial charge in [0.2, 0.25) is 0 Å². The second-order valence-corrected chi connectivity index (χ2v) is 12.9. The fraction of sp³-hybridized carbons (Fsp3) is 0.303. The number of carboxylic acid groups (broad SMARTS) is 1. The van der Waals surface area contributed by atoms with Crippen molar-refractivity contribution in [3.8, 4) is 28.4 Å². The van der Waals surface area contributed by atoms with Gasteiger partial charge in [0.05, 0.1) is 37.4 Å². The monoisotopic (exact) mass is 702 g/mol. The van der Waals surface area contributed by atoms with E-state index >= 15 is 0 Å². The summed E-state index contributed by atoms with van der Waals surface area (Å²) in [6, 6.07) is 15.5. The Labute approximate surface area is 286 Å². The maximum Gasteiger partial charge on any atom is 0.335 e. The number of hydrogen-bond acceptors (Lipinski definition) is 9. The third-order valence-corrected chi connectivity index (χ3v) is 9.30. The summed E-state index contributed by atoms with van der Waals surface area (Å²) in [7, 11) is 1.45. The Morgan fingerprint density at radius 3 is 2.50 bits per heavy atom. The first-order valence-electron chi connectivity index (χ1n) is 14.6. The maximum absolute atomic E-state index is 13.5. The van der Waals surface area contributed by atoms with Crippen LogP contribution in [0.2, 0.25) is 10.0 Å². The Morgan fingerprint density at radius 2 is 1.76 bits per heavy atom. The van der Waals surface area contributed by atoms with Gasteiger partial charge in [-0.15, -0.1) is 0 Å². The van der Waals surface area contributed by atoms with Crippen LogP contribution in [0.5, 0.6) is 17.2 Å². The highest BCUT2D eigenvalue weighted by Gasteiger charge is 2.32. The van der Waals surface area contributed by atoms with Gasteiger partial charge in [-0.3, -0.25) is 14.6 Å². The summed E-state index contributed by atoms with van der Waals surface area (Å²) in [6.07, 6.45) is 2.30. The van der Waals surface area contributed by atoms with Crippen molar-refractivity contribution in [3.05, 3.63) is 80.7 Å². The third-order valence-electron chi connectivity index (χ3n) is 7.38. The van der Waals surface area contributed by atoms with E-state index in [0.29, 0.717) is 69.3 Å². The molecule has 0 aliphatic carbocycles. The number of carbonyl (C=O) groups excluding carboxylic acids is 1. The number of morpholine rings is 1. The number of benzene rings is 3. The van der Waals surface area contributed by atoms with Crippen molar-refractivity contribution < 1.29 is 33.6 Å². The molecule has 0 aromatic heterocycles. The average molecular weight is 704 g/mol. The minimum atomic E-state index is -1.06. The first kappa shape index (κ1) is 34.0. The largest absolute Gasteiger partial charge is 0.493 e. The fourth-order valence-corrected chi connectivity index (χ4v) is 6.77. The molecule has 13 heteroatoms.